The van der Waals surface area contributed by atoms with Crippen molar-refractivity contribution in [1.29, 1.82) is 0 Å². The van der Waals surface area contributed by atoms with Gasteiger partial charge in [-0.15, -0.1) is 6.42 Å². The van der Waals surface area contributed by atoms with Crippen LogP contribution in [-0.2, 0) is 0 Å². The zero-order valence-electron chi connectivity index (χ0n) is 6.18. The van der Waals surface area contributed by atoms with Gasteiger partial charge in [0.25, 0.3) is 0 Å². The van der Waals surface area contributed by atoms with E-state index in [9.17, 15) is 0 Å². The summed E-state index contributed by atoms with van der Waals surface area (Å²) in [5.74, 6) is 3.13. The van der Waals surface area contributed by atoms with Crippen LogP contribution in [0.2, 0.25) is 5.02 Å². The topological polar surface area (TPSA) is 9.23 Å². The monoisotopic (exact) mass is 292 g/mol. The predicted molar refractivity (Wildman–Crippen MR) is 58.5 cm³/mol. The molecule has 0 aliphatic heterocycles. The lowest BCUT2D eigenvalue weighted by molar-refractivity contribution is 0.368. The zero-order valence-corrected chi connectivity index (χ0v) is 9.09. The molecule has 62 valence electrons. The average molecular weight is 293 g/mol. The van der Waals surface area contributed by atoms with Gasteiger partial charge in [-0.1, -0.05) is 17.5 Å². The number of benzene rings is 1. The second-order valence-corrected chi connectivity index (χ2v) is 3.67. The fraction of sp³-hybridized carbons (Fsp3) is 0.111. The van der Waals surface area contributed by atoms with Gasteiger partial charge in [0.15, 0.2) is 0 Å². The maximum absolute atomic E-state index is 5.76. The molecule has 0 bridgehead atoms. The number of hydrogen-bond donors (Lipinski definition) is 0. The van der Waals surface area contributed by atoms with Gasteiger partial charge in [0.05, 0.1) is 3.57 Å². The molecule has 1 aromatic carbocycles. The van der Waals surface area contributed by atoms with Crippen LogP contribution in [0.5, 0.6) is 5.75 Å². The molecule has 0 radical (unpaired) electrons. The van der Waals surface area contributed by atoms with Gasteiger partial charge in [0.1, 0.15) is 12.4 Å². The Morgan fingerprint density at radius 3 is 3.00 bits per heavy atom. The highest BCUT2D eigenvalue weighted by Gasteiger charge is 1.99. The van der Waals surface area contributed by atoms with Crippen molar-refractivity contribution in [3.05, 3.63) is 26.8 Å². The number of hydrogen-bond acceptors (Lipinski definition) is 1. The summed E-state index contributed by atoms with van der Waals surface area (Å²) in [7, 11) is 0. The van der Waals surface area contributed by atoms with Crippen LogP contribution in [-0.4, -0.2) is 6.61 Å². The highest BCUT2D eigenvalue weighted by Crippen LogP contribution is 2.24. The molecule has 0 saturated carbocycles. The van der Waals surface area contributed by atoms with Crippen LogP contribution in [0, 0.1) is 15.9 Å². The van der Waals surface area contributed by atoms with Crippen LogP contribution in [0.25, 0.3) is 0 Å². The molecule has 0 atom stereocenters. The molecule has 0 aromatic heterocycles. The lowest BCUT2D eigenvalue weighted by atomic mass is 10.3. The van der Waals surface area contributed by atoms with Crippen LogP contribution in [0.3, 0.4) is 0 Å². The molecule has 12 heavy (non-hydrogen) atoms. The Morgan fingerprint density at radius 2 is 2.33 bits per heavy atom. The van der Waals surface area contributed by atoms with Gasteiger partial charge >= 0.3 is 0 Å². The van der Waals surface area contributed by atoms with E-state index in [-0.39, 0.29) is 6.61 Å². The Labute approximate surface area is 90.2 Å². The predicted octanol–water partition coefficient (Wildman–Crippen LogP) is 2.96. The van der Waals surface area contributed by atoms with Crippen molar-refractivity contribution in [1.82, 2.24) is 0 Å². The highest BCUT2D eigenvalue weighted by molar-refractivity contribution is 14.1. The van der Waals surface area contributed by atoms with E-state index in [4.69, 9.17) is 22.8 Å². The van der Waals surface area contributed by atoms with Crippen molar-refractivity contribution in [2.24, 2.45) is 0 Å². The second kappa shape index (κ2) is 4.58. The molecule has 0 amide bonds. The van der Waals surface area contributed by atoms with Crippen molar-refractivity contribution < 1.29 is 4.74 Å². The van der Waals surface area contributed by atoms with Crippen molar-refractivity contribution in [2.75, 3.05) is 6.61 Å². The molecular formula is C9H6ClIO. The molecule has 0 N–H and O–H groups in total. The molecule has 0 aliphatic rings. The molecule has 0 saturated heterocycles. The van der Waals surface area contributed by atoms with E-state index in [1.54, 1.807) is 6.07 Å². The van der Waals surface area contributed by atoms with E-state index in [2.05, 4.69) is 28.5 Å². The van der Waals surface area contributed by atoms with Gasteiger partial charge in [-0.2, -0.15) is 0 Å². The Balaban J connectivity index is 2.84. The van der Waals surface area contributed by atoms with Gasteiger partial charge in [0, 0.05) is 5.02 Å². The average Bonchev–Trinajstić information content (AvgIpc) is 2.07. The molecule has 0 spiro atoms. The standard InChI is InChI=1S/C9H6ClIO/c1-2-5-12-9-6-7(10)3-4-8(9)11/h1,3-4,6H,5H2. The largest absolute Gasteiger partial charge is 0.480 e. The fourth-order valence-electron chi connectivity index (χ4n) is 0.707. The quantitative estimate of drug-likeness (QED) is 0.601. The van der Waals surface area contributed by atoms with Crippen LogP contribution in [0.15, 0.2) is 18.2 Å². The molecule has 0 heterocycles. The summed E-state index contributed by atoms with van der Waals surface area (Å²) in [5.41, 5.74) is 0. The van der Waals surface area contributed by atoms with Gasteiger partial charge < -0.3 is 4.74 Å². The third kappa shape index (κ3) is 2.58. The fourth-order valence-corrected chi connectivity index (χ4v) is 1.36. The maximum atomic E-state index is 5.76. The van der Waals surface area contributed by atoms with Crippen LogP contribution < -0.4 is 4.74 Å². The first-order valence-electron chi connectivity index (χ1n) is 3.25. The lowest BCUT2D eigenvalue weighted by Crippen LogP contribution is -1.95. The normalized spacial score (nSPS) is 9.08. The first-order chi connectivity index (χ1) is 5.74. The molecule has 1 nitrogen and oxygen atoms in total. The molecule has 1 aromatic rings. The molecule has 0 fully saturated rings. The van der Waals surface area contributed by atoms with E-state index in [1.165, 1.54) is 0 Å². The smallest absolute Gasteiger partial charge is 0.148 e. The molecule has 0 unspecified atom stereocenters. The zero-order chi connectivity index (χ0) is 8.97. The van der Waals surface area contributed by atoms with E-state index in [0.717, 1.165) is 9.32 Å². The Hall–Kier alpha value is -0.400. The van der Waals surface area contributed by atoms with E-state index < -0.39 is 0 Å². The van der Waals surface area contributed by atoms with Crippen LogP contribution >= 0.6 is 34.2 Å². The SMILES string of the molecule is C#CCOc1cc(Cl)ccc1I. The summed E-state index contributed by atoms with van der Waals surface area (Å²) in [6, 6.07) is 5.45. The van der Waals surface area contributed by atoms with E-state index in [0.29, 0.717) is 5.02 Å². The van der Waals surface area contributed by atoms with Crippen molar-refractivity contribution in [3.8, 4) is 18.1 Å². The number of ether oxygens (including phenoxy) is 1. The Morgan fingerprint density at radius 1 is 1.58 bits per heavy atom. The molecule has 1 rings (SSSR count). The summed E-state index contributed by atoms with van der Waals surface area (Å²) >= 11 is 7.93. The summed E-state index contributed by atoms with van der Waals surface area (Å²) in [4.78, 5) is 0. The van der Waals surface area contributed by atoms with Crippen molar-refractivity contribution >= 4 is 34.2 Å². The van der Waals surface area contributed by atoms with E-state index in [1.807, 2.05) is 12.1 Å². The minimum absolute atomic E-state index is 0.274. The lowest BCUT2D eigenvalue weighted by Gasteiger charge is -2.04. The number of halogens is 2. The summed E-state index contributed by atoms with van der Waals surface area (Å²) < 4.78 is 6.25. The number of rotatable bonds is 2. The van der Waals surface area contributed by atoms with Gasteiger partial charge in [0.2, 0.25) is 0 Å². The minimum atomic E-state index is 0.274. The first kappa shape index (κ1) is 9.69. The van der Waals surface area contributed by atoms with Crippen LogP contribution in [0.4, 0.5) is 0 Å². The van der Waals surface area contributed by atoms with Gasteiger partial charge in [-0.3, -0.25) is 0 Å². The maximum Gasteiger partial charge on any atom is 0.148 e. The summed E-state index contributed by atoms with van der Waals surface area (Å²) in [5, 5.41) is 0.655. The Kier molecular flexibility index (Phi) is 3.70. The molecular weight excluding hydrogens is 286 g/mol. The molecule has 3 heteroatoms. The summed E-state index contributed by atoms with van der Waals surface area (Å²) in [6.07, 6.45) is 5.05. The first-order valence-corrected chi connectivity index (χ1v) is 4.71. The van der Waals surface area contributed by atoms with Gasteiger partial charge in [-0.05, 0) is 40.8 Å². The van der Waals surface area contributed by atoms with E-state index >= 15 is 0 Å². The minimum Gasteiger partial charge on any atom is -0.480 e. The van der Waals surface area contributed by atoms with Crippen molar-refractivity contribution in [3.63, 3.8) is 0 Å². The van der Waals surface area contributed by atoms with Crippen LogP contribution in [0.1, 0.15) is 0 Å². The third-order valence-corrected chi connectivity index (χ3v) is 2.33. The number of terminal acetylenes is 1. The highest BCUT2D eigenvalue weighted by atomic mass is 127. The second-order valence-electron chi connectivity index (χ2n) is 2.07. The molecule has 0 aliphatic carbocycles. The van der Waals surface area contributed by atoms with Crippen molar-refractivity contribution in [2.45, 2.75) is 0 Å². The Bertz CT molecular complexity index is 317. The van der Waals surface area contributed by atoms with Gasteiger partial charge in [-0.25, -0.2) is 0 Å². The summed E-state index contributed by atoms with van der Waals surface area (Å²) in [6.45, 7) is 0.274. The third-order valence-electron chi connectivity index (χ3n) is 1.20.